The lowest BCUT2D eigenvalue weighted by Crippen LogP contribution is -2.39. The highest BCUT2D eigenvalue weighted by Crippen LogP contribution is 2.36. The largest absolute Gasteiger partial charge is 0.445 e. The summed E-state index contributed by atoms with van der Waals surface area (Å²) < 4.78 is 10.9. The van der Waals surface area contributed by atoms with Gasteiger partial charge in [-0.1, -0.05) is 11.8 Å². The Morgan fingerprint density at radius 3 is 1.77 bits per heavy atom. The smallest absolute Gasteiger partial charge is 0.410 e. The average molecular weight is 617 g/mol. The number of rotatable bonds is 10. The van der Waals surface area contributed by atoms with Crippen LogP contribution < -0.4 is 0 Å². The van der Waals surface area contributed by atoms with E-state index >= 15 is 0 Å². The van der Waals surface area contributed by atoms with Crippen LogP contribution in [0.1, 0.15) is 37.3 Å². The first-order valence-electron chi connectivity index (χ1n) is 13.7. The second-order valence-corrected chi connectivity index (χ2v) is 12.0. The molecule has 43 heavy (non-hydrogen) atoms. The van der Waals surface area contributed by atoms with Crippen LogP contribution in [-0.4, -0.2) is 79.1 Å². The molecule has 0 radical (unpaired) electrons. The minimum absolute atomic E-state index is 0.0554. The van der Waals surface area contributed by atoms with Crippen molar-refractivity contribution in [3.8, 4) is 0 Å². The van der Waals surface area contributed by atoms with Crippen molar-refractivity contribution >= 4 is 40.4 Å². The maximum Gasteiger partial charge on any atom is 0.410 e. The lowest BCUT2D eigenvalue weighted by molar-refractivity contribution is -0.385. The molecule has 2 aromatic rings. The molecule has 2 aromatic carbocycles. The number of hydrogen-bond donors (Lipinski definition) is 1. The number of aliphatic hydroxyl groups is 1. The number of amides is 2. The first-order chi connectivity index (χ1) is 20.5. The van der Waals surface area contributed by atoms with Gasteiger partial charge in [0.05, 0.1) is 22.5 Å². The van der Waals surface area contributed by atoms with Crippen molar-refractivity contribution in [2.45, 2.75) is 56.7 Å². The normalized spacial score (nSPS) is 21.4. The van der Waals surface area contributed by atoms with E-state index in [0.29, 0.717) is 43.5 Å². The summed E-state index contributed by atoms with van der Waals surface area (Å²) in [7, 11) is 0. The Morgan fingerprint density at radius 1 is 0.837 bits per heavy atom. The van der Waals surface area contributed by atoms with Crippen molar-refractivity contribution in [2.75, 3.05) is 19.7 Å². The van der Waals surface area contributed by atoms with Gasteiger partial charge < -0.3 is 24.4 Å². The third-order valence-corrected chi connectivity index (χ3v) is 8.52. The zero-order valence-corrected chi connectivity index (χ0v) is 24.2. The predicted molar refractivity (Wildman–Crippen MR) is 154 cm³/mol. The van der Waals surface area contributed by atoms with Crippen LogP contribution in [0, 0.1) is 26.1 Å². The molecule has 0 unspecified atom stereocenters. The van der Waals surface area contributed by atoms with Crippen molar-refractivity contribution in [2.24, 2.45) is 5.92 Å². The molecule has 2 aliphatic heterocycles. The summed E-state index contributed by atoms with van der Waals surface area (Å²) in [6.07, 6.45) is 0.392. The second kappa shape index (κ2) is 14.3. The quantitative estimate of drug-likeness (QED) is 0.297. The molecule has 1 N–H and O–H groups in total. The number of nitro groups is 2. The van der Waals surface area contributed by atoms with E-state index in [-0.39, 0.29) is 53.5 Å². The highest BCUT2D eigenvalue weighted by Gasteiger charge is 2.42. The molecule has 2 heterocycles. The van der Waals surface area contributed by atoms with Gasteiger partial charge in [0.1, 0.15) is 13.2 Å². The number of carbonyl (C=O) groups is 3. The zero-order chi connectivity index (χ0) is 31.1. The van der Waals surface area contributed by atoms with Gasteiger partial charge >= 0.3 is 12.2 Å². The highest BCUT2D eigenvalue weighted by atomic mass is 32.2. The number of carbonyl (C=O) groups excluding carboxylic acids is 3. The Balaban J connectivity index is 1.35. The van der Waals surface area contributed by atoms with Gasteiger partial charge in [0.15, 0.2) is 5.12 Å². The van der Waals surface area contributed by atoms with Gasteiger partial charge in [-0.3, -0.25) is 25.0 Å². The van der Waals surface area contributed by atoms with Gasteiger partial charge in [-0.15, -0.1) is 0 Å². The molecule has 230 valence electrons. The highest BCUT2D eigenvalue weighted by molar-refractivity contribution is 8.14. The Hall–Kier alpha value is -4.24. The van der Waals surface area contributed by atoms with Crippen LogP contribution in [0.4, 0.5) is 21.0 Å². The number of ether oxygens (including phenoxy) is 2. The van der Waals surface area contributed by atoms with E-state index in [1.165, 1.54) is 72.1 Å². The lowest BCUT2D eigenvalue weighted by atomic mass is 9.96. The van der Waals surface area contributed by atoms with Crippen LogP contribution in [0.15, 0.2) is 48.5 Å². The van der Waals surface area contributed by atoms with Crippen LogP contribution in [0.5, 0.6) is 0 Å². The maximum absolute atomic E-state index is 13.1. The molecule has 4 rings (SSSR count). The molecule has 0 aliphatic carbocycles. The number of likely N-dealkylation sites (tertiary alicyclic amines) is 2. The molecule has 0 aromatic heterocycles. The van der Waals surface area contributed by atoms with Crippen LogP contribution in [0.25, 0.3) is 0 Å². The van der Waals surface area contributed by atoms with Gasteiger partial charge in [0, 0.05) is 55.6 Å². The number of thioether (sulfide) groups is 1. The van der Waals surface area contributed by atoms with E-state index < -0.39 is 28.1 Å². The van der Waals surface area contributed by atoms with E-state index in [4.69, 9.17) is 9.47 Å². The fraction of sp³-hybridized carbons (Fsp3) is 0.464. The first kappa shape index (κ1) is 31.7. The SMILES string of the molecule is CC(=O)S[C@H]1C[C@@H](C[C@@H]2C[C@@H](CO)N(C(=O)OCc3ccc([N+](=O)[O-])cc3)C2)N(C(=O)OCc2ccc([N+](=O)[O-])cc2)C1. The summed E-state index contributed by atoms with van der Waals surface area (Å²) >= 11 is 1.17. The van der Waals surface area contributed by atoms with Crippen molar-refractivity contribution in [3.05, 3.63) is 79.9 Å². The molecule has 4 atom stereocenters. The van der Waals surface area contributed by atoms with Gasteiger partial charge in [0.2, 0.25) is 0 Å². The number of benzene rings is 2. The summed E-state index contributed by atoms with van der Waals surface area (Å²) in [5.74, 6) is -0.0554. The number of hydrogen-bond acceptors (Lipinski definition) is 11. The van der Waals surface area contributed by atoms with Gasteiger partial charge in [-0.05, 0) is 60.6 Å². The molecule has 14 nitrogen and oxygen atoms in total. The summed E-state index contributed by atoms with van der Waals surface area (Å²) in [6, 6.07) is 10.6. The van der Waals surface area contributed by atoms with E-state index in [0.717, 1.165) is 0 Å². The number of aliphatic hydroxyl groups excluding tert-OH is 1. The molecule has 2 aliphatic rings. The van der Waals surface area contributed by atoms with E-state index in [2.05, 4.69) is 0 Å². The van der Waals surface area contributed by atoms with E-state index in [1.807, 2.05) is 0 Å². The predicted octanol–water partition coefficient (Wildman–Crippen LogP) is 4.27. The molecule has 0 bridgehead atoms. The number of nitro benzene ring substituents is 2. The molecule has 2 amide bonds. The van der Waals surface area contributed by atoms with E-state index in [9.17, 15) is 39.7 Å². The van der Waals surface area contributed by atoms with E-state index in [1.54, 1.807) is 4.90 Å². The molecule has 0 spiro atoms. The maximum atomic E-state index is 13.1. The molecular weight excluding hydrogens is 584 g/mol. The van der Waals surface area contributed by atoms with Gasteiger partial charge in [-0.25, -0.2) is 9.59 Å². The Labute approximate surface area is 251 Å². The fourth-order valence-electron chi connectivity index (χ4n) is 5.49. The van der Waals surface area contributed by atoms with Crippen molar-refractivity contribution in [1.82, 2.24) is 9.80 Å². The Kier molecular flexibility index (Phi) is 10.5. The lowest BCUT2D eigenvalue weighted by Gasteiger charge is -2.26. The summed E-state index contributed by atoms with van der Waals surface area (Å²) in [5.41, 5.74) is 1.03. The third-order valence-electron chi connectivity index (χ3n) is 7.51. The molecule has 2 fully saturated rings. The van der Waals surface area contributed by atoms with Crippen molar-refractivity contribution < 1.29 is 38.8 Å². The Morgan fingerprint density at radius 2 is 1.33 bits per heavy atom. The molecule has 0 saturated carbocycles. The zero-order valence-electron chi connectivity index (χ0n) is 23.4. The number of nitrogens with zero attached hydrogens (tertiary/aromatic N) is 4. The average Bonchev–Trinajstić information content (AvgIpc) is 3.58. The van der Waals surface area contributed by atoms with Crippen LogP contribution >= 0.6 is 11.8 Å². The van der Waals surface area contributed by atoms with Crippen LogP contribution in [0.2, 0.25) is 0 Å². The minimum atomic E-state index is -0.615. The minimum Gasteiger partial charge on any atom is -0.445 e. The second-order valence-electron chi connectivity index (χ2n) is 10.6. The van der Waals surface area contributed by atoms with Crippen molar-refractivity contribution in [1.29, 1.82) is 0 Å². The summed E-state index contributed by atoms with van der Waals surface area (Å²) in [4.78, 5) is 61.6. The molecule has 15 heteroatoms. The van der Waals surface area contributed by atoms with Gasteiger partial charge in [0.25, 0.3) is 11.4 Å². The molecular formula is C28H32N4O10S. The Bertz CT molecular complexity index is 1340. The summed E-state index contributed by atoms with van der Waals surface area (Å²) in [6.45, 7) is 1.66. The monoisotopic (exact) mass is 616 g/mol. The van der Waals surface area contributed by atoms with Crippen LogP contribution in [0.3, 0.4) is 0 Å². The summed E-state index contributed by atoms with van der Waals surface area (Å²) in [5, 5.41) is 31.5. The van der Waals surface area contributed by atoms with Crippen LogP contribution in [-0.2, 0) is 27.5 Å². The first-order valence-corrected chi connectivity index (χ1v) is 14.5. The standard InChI is InChI=1S/C28H32N4O10S/c1-18(34)43-26-12-24(30(14-26)28(36)42-17-20-4-8-23(9-5-20)32(39)40)10-21-11-25(15-33)29(13-21)27(35)41-16-19-2-6-22(7-3-19)31(37)38/h2-9,21,24-26,33H,10-17H2,1H3/t21-,24-,25+,26+/m1/s1. The number of non-ortho nitro benzene ring substituents is 2. The fourth-order valence-corrected chi connectivity index (χ4v) is 6.51. The molecule has 2 saturated heterocycles. The third kappa shape index (κ3) is 8.41. The van der Waals surface area contributed by atoms with Gasteiger partial charge in [-0.2, -0.15) is 0 Å². The topological polar surface area (TPSA) is 183 Å². The van der Waals surface area contributed by atoms with Crippen molar-refractivity contribution in [3.63, 3.8) is 0 Å².